The number of benzene rings is 3. The second-order valence-electron chi connectivity index (χ2n) is 12.1. The fourth-order valence-electron chi connectivity index (χ4n) is 7.87. The van der Waals surface area contributed by atoms with Crippen LogP contribution in [-0.4, -0.2) is 35.8 Å². The lowest BCUT2D eigenvalue weighted by atomic mass is 9.57. The molecule has 3 aromatic carbocycles. The van der Waals surface area contributed by atoms with Gasteiger partial charge in [0.1, 0.15) is 11.5 Å². The molecular weight excluding hydrogens is 568 g/mol. The Morgan fingerprint density at radius 1 is 0.733 bits per heavy atom. The molecule has 7 rings (SSSR count). The van der Waals surface area contributed by atoms with Gasteiger partial charge in [-0.1, -0.05) is 61.2 Å². The summed E-state index contributed by atoms with van der Waals surface area (Å²) in [7, 11) is 1.52. The van der Waals surface area contributed by atoms with E-state index < -0.39 is 35.5 Å². The van der Waals surface area contributed by atoms with Crippen LogP contribution >= 0.6 is 0 Å². The number of fused-ring (bicyclic) bond motifs is 4. The Balaban J connectivity index is 1.33. The van der Waals surface area contributed by atoms with Crippen LogP contribution < -0.4 is 14.5 Å². The highest BCUT2D eigenvalue weighted by atomic mass is 16.5. The van der Waals surface area contributed by atoms with E-state index >= 15 is 0 Å². The number of allylic oxidation sites excluding steroid dienone is 2. The summed E-state index contributed by atoms with van der Waals surface area (Å²) >= 11 is 0. The Bertz CT molecular complexity index is 1810. The summed E-state index contributed by atoms with van der Waals surface area (Å²) in [6.45, 7) is 7.55. The van der Waals surface area contributed by atoms with Crippen LogP contribution in [0.15, 0.2) is 91.5 Å². The van der Waals surface area contributed by atoms with E-state index in [9.17, 15) is 24.3 Å². The minimum absolute atomic E-state index is 0.0324. The highest BCUT2D eigenvalue weighted by Gasteiger charge is 2.62. The number of phenols is 1. The largest absolute Gasteiger partial charge is 0.508 e. The molecule has 0 aromatic heterocycles. The summed E-state index contributed by atoms with van der Waals surface area (Å²) in [6, 6.07) is 19.0. The SMILES string of the molecule is C=Cc1ccc(N2C(=O)[C@H]3[C@H](CC=C4[C@H]3C[C@H]3C(=O)N(c5ccc(C=C)cc5)C(=O)[C@H]3[C@H]4c3cc(OC)ccc3O)C2=O)cc1. The minimum Gasteiger partial charge on any atom is -0.508 e. The first-order chi connectivity index (χ1) is 21.8. The molecule has 2 aliphatic carbocycles. The third kappa shape index (κ3) is 4.27. The van der Waals surface area contributed by atoms with Gasteiger partial charge in [-0.2, -0.15) is 0 Å². The van der Waals surface area contributed by atoms with Crippen molar-refractivity contribution in [2.75, 3.05) is 16.9 Å². The van der Waals surface area contributed by atoms with Gasteiger partial charge in [0.05, 0.1) is 42.2 Å². The average molecular weight is 601 g/mol. The molecule has 2 aliphatic heterocycles. The van der Waals surface area contributed by atoms with E-state index in [1.807, 2.05) is 6.08 Å². The number of carbonyl (C=O) groups is 4. The van der Waals surface area contributed by atoms with E-state index in [4.69, 9.17) is 4.74 Å². The maximum atomic E-state index is 14.3. The summed E-state index contributed by atoms with van der Waals surface area (Å²) in [4.78, 5) is 58.9. The molecule has 3 fully saturated rings. The monoisotopic (exact) mass is 600 g/mol. The Labute approximate surface area is 260 Å². The zero-order chi connectivity index (χ0) is 31.6. The number of nitrogens with zero attached hydrogens (tertiary/aromatic N) is 2. The first-order valence-electron chi connectivity index (χ1n) is 15.0. The van der Waals surface area contributed by atoms with E-state index in [1.54, 1.807) is 72.8 Å². The lowest BCUT2D eigenvalue weighted by molar-refractivity contribution is -0.126. The summed E-state index contributed by atoms with van der Waals surface area (Å²) in [5.74, 6) is -4.84. The van der Waals surface area contributed by atoms with Crippen molar-refractivity contribution in [1.29, 1.82) is 0 Å². The number of methoxy groups -OCH3 is 1. The number of aromatic hydroxyl groups is 1. The van der Waals surface area contributed by atoms with E-state index in [0.717, 1.165) is 16.7 Å². The second kappa shape index (κ2) is 10.7. The van der Waals surface area contributed by atoms with E-state index in [2.05, 4.69) is 13.2 Å². The van der Waals surface area contributed by atoms with Crippen LogP contribution in [-0.2, 0) is 19.2 Å². The molecule has 2 heterocycles. The van der Waals surface area contributed by atoms with Crippen LogP contribution in [0.2, 0.25) is 0 Å². The standard InChI is InChI=1S/C37H32N2O6/c1-4-20-6-10-22(11-7-20)38-34(41)26-16-15-25-27(32(26)36(38)43)19-29-33(31(25)28-18-24(45-3)14-17-30(28)40)37(44)39(35(29)42)23-12-8-21(5-2)9-13-23/h4-15,17-18,26-27,29,31-33,40H,1-2,16,19H2,3H3/t26-,27+,29+,31+,32-,33+/m0/s1. The molecule has 0 spiro atoms. The molecule has 8 heteroatoms. The fraction of sp³-hybridized carbons (Fsp3) is 0.243. The molecule has 45 heavy (non-hydrogen) atoms. The Hall–Kier alpha value is -5.24. The molecule has 6 atom stereocenters. The second-order valence-corrected chi connectivity index (χ2v) is 12.1. The Morgan fingerprint density at radius 2 is 1.29 bits per heavy atom. The zero-order valence-corrected chi connectivity index (χ0v) is 24.8. The van der Waals surface area contributed by atoms with Gasteiger partial charge in [-0.3, -0.25) is 29.0 Å². The third-order valence-corrected chi connectivity index (χ3v) is 9.99. The Kier molecular flexibility index (Phi) is 6.80. The van der Waals surface area contributed by atoms with Crippen LogP contribution in [0.1, 0.15) is 35.4 Å². The van der Waals surface area contributed by atoms with Crippen molar-refractivity contribution >= 4 is 47.2 Å². The van der Waals surface area contributed by atoms with Crippen LogP contribution in [0.3, 0.4) is 0 Å². The predicted octanol–water partition coefficient (Wildman–Crippen LogP) is 5.73. The highest BCUT2D eigenvalue weighted by Crippen LogP contribution is 2.59. The minimum atomic E-state index is -0.802. The molecule has 226 valence electrons. The first-order valence-corrected chi connectivity index (χ1v) is 15.0. The highest BCUT2D eigenvalue weighted by molar-refractivity contribution is 6.24. The van der Waals surface area contributed by atoms with E-state index in [0.29, 0.717) is 29.1 Å². The van der Waals surface area contributed by atoms with Crippen molar-refractivity contribution in [1.82, 2.24) is 0 Å². The number of phenolic OH excluding ortho intramolecular Hbond substituents is 1. The molecule has 4 amide bonds. The number of ether oxygens (including phenoxy) is 1. The first kappa shape index (κ1) is 28.5. The lowest BCUT2D eigenvalue weighted by Gasteiger charge is -2.44. The van der Waals surface area contributed by atoms with Gasteiger partial charge in [0, 0.05) is 11.5 Å². The zero-order valence-electron chi connectivity index (χ0n) is 24.8. The summed E-state index contributed by atoms with van der Waals surface area (Å²) in [6.07, 6.45) is 5.89. The molecule has 1 saturated carbocycles. The lowest BCUT2D eigenvalue weighted by Crippen LogP contribution is -2.43. The molecule has 2 saturated heterocycles. The average Bonchev–Trinajstić information content (AvgIpc) is 3.47. The fourth-order valence-corrected chi connectivity index (χ4v) is 7.87. The quantitative estimate of drug-likeness (QED) is 0.286. The van der Waals surface area contributed by atoms with Gasteiger partial charge in [0.15, 0.2) is 0 Å². The van der Waals surface area contributed by atoms with Gasteiger partial charge in [-0.05, 0) is 72.4 Å². The van der Waals surface area contributed by atoms with Crippen molar-refractivity contribution in [2.45, 2.75) is 18.8 Å². The number of hydrogen-bond donors (Lipinski definition) is 1. The summed E-state index contributed by atoms with van der Waals surface area (Å²) in [5.41, 5.74) is 3.92. The van der Waals surface area contributed by atoms with Crippen molar-refractivity contribution in [3.63, 3.8) is 0 Å². The molecule has 3 aromatic rings. The third-order valence-electron chi connectivity index (χ3n) is 9.99. The summed E-state index contributed by atoms with van der Waals surface area (Å²) in [5, 5.41) is 11.2. The van der Waals surface area contributed by atoms with Gasteiger partial charge in [-0.25, -0.2) is 0 Å². The van der Waals surface area contributed by atoms with Gasteiger partial charge >= 0.3 is 0 Å². The number of imide groups is 2. The van der Waals surface area contributed by atoms with Crippen molar-refractivity contribution in [3.8, 4) is 11.5 Å². The van der Waals surface area contributed by atoms with Gasteiger partial charge in [0.25, 0.3) is 0 Å². The van der Waals surface area contributed by atoms with Gasteiger partial charge in [0.2, 0.25) is 23.6 Å². The van der Waals surface area contributed by atoms with Crippen LogP contribution in [0, 0.1) is 29.6 Å². The predicted molar refractivity (Wildman–Crippen MR) is 170 cm³/mol. The molecular formula is C37H32N2O6. The molecule has 8 nitrogen and oxygen atoms in total. The maximum Gasteiger partial charge on any atom is 0.238 e. The Morgan fingerprint density at radius 3 is 1.84 bits per heavy atom. The van der Waals surface area contributed by atoms with E-state index in [-0.39, 0.29) is 35.8 Å². The van der Waals surface area contributed by atoms with Crippen LogP contribution in [0.4, 0.5) is 11.4 Å². The van der Waals surface area contributed by atoms with Crippen LogP contribution in [0.25, 0.3) is 12.2 Å². The van der Waals surface area contributed by atoms with Crippen molar-refractivity contribution in [2.24, 2.45) is 29.6 Å². The maximum absolute atomic E-state index is 14.3. The molecule has 0 unspecified atom stereocenters. The molecule has 1 N–H and O–H groups in total. The normalized spacial score (nSPS) is 27.1. The summed E-state index contributed by atoms with van der Waals surface area (Å²) < 4.78 is 5.48. The number of carbonyl (C=O) groups excluding carboxylic acids is 4. The number of hydrogen-bond acceptors (Lipinski definition) is 6. The number of amides is 4. The van der Waals surface area contributed by atoms with Crippen LogP contribution in [0.5, 0.6) is 11.5 Å². The van der Waals surface area contributed by atoms with Crippen molar-refractivity contribution < 1.29 is 29.0 Å². The molecule has 0 radical (unpaired) electrons. The number of rotatable bonds is 6. The molecule has 4 aliphatic rings. The smallest absolute Gasteiger partial charge is 0.238 e. The van der Waals surface area contributed by atoms with Gasteiger partial charge < -0.3 is 9.84 Å². The number of anilines is 2. The van der Waals surface area contributed by atoms with Gasteiger partial charge in [-0.15, -0.1) is 0 Å². The van der Waals surface area contributed by atoms with E-state index in [1.165, 1.54) is 23.0 Å². The van der Waals surface area contributed by atoms with Crippen molar-refractivity contribution in [3.05, 3.63) is 108 Å². The topological polar surface area (TPSA) is 104 Å². The molecule has 0 bridgehead atoms.